The minimum atomic E-state index is -1.06. The van der Waals surface area contributed by atoms with Crippen molar-refractivity contribution in [1.82, 2.24) is 5.32 Å². The van der Waals surface area contributed by atoms with E-state index >= 15 is 0 Å². The molecule has 14 heavy (non-hydrogen) atoms. The van der Waals surface area contributed by atoms with Crippen molar-refractivity contribution < 1.29 is 39.5 Å². The minimum absolute atomic E-state index is 0. The number of nitrogens with one attached hydrogen (secondary N) is 1. The summed E-state index contributed by atoms with van der Waals surface area (Å²) in [6.45, 7) is 0.588. The van der Waals surface area contributed by atoms with Gasteiger partial charge in [0.25, 0.3) is 0 Å². The van der Waals surface area contributed by atoms with E-state index in [1.54, 1.807) is 0 Å². The van der Waals surface area contributed by atoms with Crippen LogP contribution in [-0.4, -0.2) is 19.1 Å². The Hall–Kier alpha value is -0.350. The molecule has 1 aromatic carbocycles. The van der Waals surface area contributed by atoms with Crippen LogP contribution in [0.3, 0.4) is 0 Å². The monoisotopic (exact) mass is 201 g/mol. The molecule has 0 aliphatic carbocycles. The zero-order valence-electron chi connectivity index (χ0n) is 8.32. The van der Waals surface area contributed by atoms with Crippen molar-refractivity contribution in [3.63, 3.8) is 0 Å². The second-order valence-electron chi connectivity index (χ2n) is 2.78. The van der Waals surface area contributed by atoms with Crippen LogP contribution < -0.4 is 40.0 Å². The third-order valence-corrected chi connectivity index (χ3v) is 1.70. The summed E-state index contributed by atoms with van der Waals surface area (Å²) in [6, 6.07) is 9.92. The molecule has 0 aliphatic heterocycles. The number of rotatable bonds is 5. The molecular weight excluding hydrogens is 189 g/mol. The Balaban J connectivity index is 0.00000169. The molecule has 0 radical (unpaired) electrons. The van der Waals surface area contributed by atoms with Gasteiger partial charge in [0.05, 0.1) is 5.97 Å². The predicted molar refractivity (Wildman–Crippen MR) is 48.0 cm³/mol. The average Bonchev–Trinajstić information content (AvgIpc) is 2.14. The molecule has 3 nitrogen and oxygen atoms in total. The van der Waals surface area contributed by atoms with Gasteiger partial charge in [0, 0.05) is 6.54 Å². The van der Waals surface area contributed by atoms with E-state index in [-0.39, 0.29) is 36.1 Å². The number of carbonyl (C=O) groups is 1. The quantitative estimate of drug-likeness (QED) is 0.398. The van der Waals surface area contributed by atoms with E-state index in [9.17, 15) is 9.90 Å². The van der Waals surface area contributed by atoms with Gasteiger partial charge in [-0.1, -0.05) is 30.3 Å². The summed E-state index contributed by atoms with van der Waals surface area (Å²) < 4.78 is 0. The van der Waals surface area contributed by atoms with Crippen LogP contribution in [0.1, 0.15) is 5.56 Å². The molecule has 0 saturated heterocycles. The number of aliphatic carboxylic acids is 1. The maximum absolute atomic E-state index is 10.0. The second kappa shape index (κ2) is 8.00. The number of carbonyl (C=O) groups excluding carboxylic acids is 1. The van der Waals surface area contributed by atoms with Gasteiger partial charge in [0.15, 0.2) is 0 Å². The van der Waals surface area contributed by atoms with E-state index in [4.69, 9.17) is 0 Å². The molecule has 1 N–H and O–H groups in total. The first-order valence-electron chi connectivity index (χ1n) is 4.23. The molecule has 4 heteroatoms. The fourth-order valence-corrected chi connectivity index (χ4v) is 1.07. The molecule has 0 atom stereocenters. The van der Waals surface area contributed by atoms with Crippen LogP contribution in [-0.2, 0) is 11.2 Å². The molecule has 0 fully saturated rings. The van der Waals surface area contributed by atoms with Gasteiger partial charge in [-0.3, -0.25) is 0 Å². The fourth-order valence-electron chi connectivity index (χ4n) is 1.07. The average molecular weight is 201 g/mol. The van der Waals surface area contributed by atoms with E-state index in [0.29, 0.717) is 6.54 Å². The van der Waals surface area contributed by atoms with Crippen molar-refractivity contribution >= 4 is 5.97 Å². The van der Waals surface area contributed by atoms with Crippen molar-refractivity contribution in [2.24, 2.45) is 0 Å². The molecular formula is C10H12NNaO2. The van der Waals surface area contributed by atoms with E-state index < -0.39 is 5.97 Å². The summed E-state index contributed by atoms with van der Waals surface area (Å²) in [5, 5.41) is 12.8. The number of benzene rings is 1. The molecule has 0 aliphatic rings. The number of carboxylic acid groups (broad SMARTS) is 1. The van der Waals surface area contributed by atoms with Gasteiger partial charge in [-0.25, -0.2) is 0 Å². The number of hydrogen-bond donors (Lipinski definition) is 1. The maximum Gasteiger partial charge on any atom is 1.00 e. The van der Waals surface area contributed by atoms with Crippen LogP contribution in [0.5, 0.6) is 0 Å². The van der Waals surface area contributed by atoms with Crippen LogP contribution >= 0.6 is 0 Å². The van der Waals surface area contributed by atoms with Crippen molar-refractivity contribution in [3.05, 3.63) is 35.9 Å². The van der Waals surface area contributed by atoms with Crippen LogP contribution in [0, 0.1) is 0 Å². The minimum Gasteiger partial charge on any atom is -0.549 e. The van der Waals surface area contributed by atoms with E-state index in [1.807, 2.05) is 30.3 Å². The summed E-state index contributed by atoms with van der Waals surface area (Å²) in [7, 11) is 0. The largest absolute Gasteiger partial charge is 1.00 e. The Bertz CT molecular complexity index is 264. The molecule has 1 aromatic rings. The maximum atomic E-state index is 10.0. The van der Waals surface area contributed by atoms with Gasteiger partial charge in [0.1, 0.15) is 0 Å². The third kappa shape index (κ3) is 6.16. The van der Waals surface area contributed by atoms with Crippen LogP contribution in [0.15, 0.2) is 30.3 Å². The van der Waals surface area contributed by atoms with Crippen molar-refractivity contribution in [1.29, 1.82) is 0 Å². The number of hydrogen-bond acceptors (Lipinski definition) is 3. The number of carboxylic acids is 1. The summed E-state index contributed by atoms with van der Waals surface area (Å²) >= 11 is 0. The molecule has 0 saturated carbocycles. The molecule has 0 spiro atoms. The Kier molecular flexibility index (Phi) is 7.80. The Labute approximate surface area is 106 Å². The Morgan fingerprint density at radius 2 is 1.93 bits per heavy atom. The molecule has 0 aromatic heterocycles. The standard InChI is InChI=1S/C10H13NO2.Na/c12-10(13)8-11-7-6-9-4-2-1-3-5-9;/h1-5,11H,6-8H2,(H,12,13);/q;+1/p-1. The van der Waals surface area contributed by atoms with Gasteiger partial charge in [-0.15, -0.1) is 0 Å². The summed E-state index contributed by atoms with van der Waals surface area (Å²) in [4.78, 5) is 10.0. The van der Waals surface area contributed by atoms with Crippen LogP contribution in [0.4, 0.5) is 0 Å². The second-order valence-corrected chi connectivity index (χ2v) is 2.78. The molecule has 0 unspecified atom stereocenters. The summed E-state index contributed by atoms with van der Waals surface area (Å²) in [5.74, 6) is -1.06. The molecule has 1 rings (SSSR count). The van der Waals surface area contributed by atoms with Crippen molar-refractivity contribution in [2.45, 2.75) is 6.42 Å². The topological polar surface area (TPSA) is 52.2 Å². The van der Waals surface area contributed by atoms with Crippen molar-refractivity contribution in [3.8, 4) is 0 Å². The van der Waals surface area contributed by atoms with Crippen molar-refractivity contribution in [2.75, 3.05) is 13.1 Å². The van der Waals surface area contributed by atoms with Gasteiger partial charge in [-0.2, -0.15) is 0 Å². The van der Waals surface area contributed by atoms with Gasteiger partial charge in [-0.05, 0) is 18.5 Å². The predicted octanol–water partition coefficient (Wildman–Crippen LogP) is -3.43. The first-order valence-corrected chi connectivity index (χ1v) is 4.23. The van der Waals surface area contributed by atoms with Crippen LogP contribution in [0.2, 0.25) is 0 Å². The van der Waals surface area contributed by atoms with Crippen LogP contribution in [0.25, 0.3) is 0 Å². The van der Waals surface area contributed by atoms with E-state index in [1.165, 1.54) is 5.56 Å². The van der Waals surface area contributed by atoms with E-state index in [2.05, 4.69) is 5.32 Å². The summed E-state index contributed by atoms with van der Waals surface area (Å²) in [6.07, 6.45) is 0.841. The van der Waals surface area contributed by atoms with Gasteiger partial charge in [0.2, 0.25) is 0 Å². The smallest absolute Gasteiger partial charge is 0.549 e. The fraction of sp³-hybridized carbons (Fsp3) is 0.300. The zero-order chi connectivity index (χ0) is 9.52. The Morgan fingerprint density at radius 3 is 2.50 bits per heavy atom. The molecule has 0 bridgehead atoms. The molecule has 0 amide bonds. The third-order valence-electron chi connectivity index (χ3n) is 1.70. The van der Waals surface area contributed by atoms with Gasteiger partial charge < -0.3 is 15.2 Å². The molecule has 0 heterocycles. The summed E-state index contributed by atoms with van der Waals surface area (Å²) in [5.41, 5.74) is 1.20. The van der Waals surface area contributed by atoms with E-state index in [0.717, 1.165) is 6.42 Å². The SMILES string of the molecule is O=C([O-])CNCCc1ccccc1.[Na+]. The first-order chi connectivity index (χ1) is 6.29. The zero-order valence-corrected chi connectivity index (χ0v) is 10.3. The Morgan fingerprint density at radius 1 is 1.29 bits per heavy atom. The first kappa shape index (κ1) is 13.7. The molecule has 70 valence electrons. The normalized spacial score (nSPS) is 9.14. The van der Waals surface area contributed by atoms with Gasteiger partial charge >= 0.3 is 29.6 Å².